The van der Waals surface area contributed by atoms with Crippen molar-refractivity contribution < 1.29 is 4.79 Å². The van der Waals surface area contributed by atoms with Gasteiger partial charge in [-0.25, -0.2) is 4.98 Å². The first-order valence-corrected chi connectivity index (χ1v) is 5.07. The Labute approximate surface area is 91.0 Å². The molecule has 0 bridgehead atoms. The summed E-state index contributed by atoms with van der Waals surface area (Å²) in [6.07, 6.45) is 3.06. The Hall–Kier alpha value is -0.940. The van der Waals surface area contributed by atoms with E-state index < -0.39 is 0 Å². The van der Waals surface area contributed by atoms with Gasteiger partial charge in [0.05, 0.1) is 0 Å². The van der Waals surface area contributed by atoms with Crippen LogP contribution in [0.1, 0.15) is 12.0 Å². The lowest BCUT2D eigenvalue weighted by Gasteiger charge is -2.05. The van der Waals surface area contributed by atoms with Crippen LogP contribution in [0, 0.1) is 0 Å². The van der Waals surface area contributed by atoms with Gasteiger partial charge in [0, 0.05) is 35.7 Å². The molecule has 0 aliphatic rings. The van der Waals surface area contributed by atoms with E-state index in [4.69, 9.17) is 5.73 Å². The highest BCUT2D eigenvalue weighted by Crippen LogP contribution is 2.14. The molecule has 0 unspecified atom stereocenters. The number of rotatable bonds is 5. The molecular formula is C9H12BrN3O. The number of halogens is 1. The van der Waals surface area contributed by atoms with Crippen molar-refractivity contribution >= 4 is 28.0 Å². The van der Waals surface area contributed by atoms with Gasteiger partial charge in [-0.1, -0.05) is 0 Å². The number of hydrogen-bond donors (Lipinski definition) is 2. The maximum atomic E-state index is 10.1. The van der Waals surface area contributed by atoms with Crippen molar-refractivity contribution in [3.05, 3.63) is 22.3 Å². The van der Waals surface area contributed by atoms with E-state index >= 15 is 0 Å². The van der Waals surface area contributed by atoms with Crippen LogP contribution in [0.4, 0.5) is 5.82 Å². The Balaban J connectivity index is 2.49. The number of pyridine rings is 1. The van der Waals surface area contributed by atoms with Crippen LogP contribution in [0.3, 0.4) is 0 Å². The first-order valence-electron chi connectivity index (χ1n) is 4.28. The lowest BCUT2D eigenvalue weighted by Crippen LogP contribution is -2.16. The molecule has 1 aromatic heterocycles. The van der Waals surface area contributed by atoms with Crippen LogP contribution in [0.25, 0.3) is 0 Å². The SMILES string of the molecule is Nc1ncc(Br)cc1CNCCC=O. The number of aldehydes is 1. The topological polar surface area (TPSA) is 68.0 Å². The molecule has 0 saturated carbocycles. The molecule has 1 aromatic rings. The summed E-state index contributed by atoms with van der Waals surface area (Å²) in [7, 11) is 0. The molecule has 0 amide bonds. The van der Waals surface area contributed by atoms with Crippen LogP contribution in [0.2, 0.25) is 0 Å². The third kappa shape index (κ3) is 3.43. The number of aromatic nitrogens is 1. The molecule has 5 heteroatoms. The molecule has 0 atom stereocenters. The second kappa shape index (κ2) is 5.72. The van der Waals surface area contributed by atoms with Crippen LogP contribution >= 0.6 is 15.9 Å². The van der Waals surface area contributed by atoms with E-state index in [1.54, 1.807) is 6.20 Å². The quantitative estimate of drug-likeness (QED) is 0.613. The van der Waals surface area contributed by atoms with Gasteiger partial charge in [0.15, 0.2) is 0 Å². The van der Waals surface area contributed by atoms with Crippen LogP contribution in [-0.2, 0) is 11.3 Å². The van der Waals surface area contributed by atoms with Crippen molar-refractivity contribution in [2.45, 2.75) is 13.0 Å². The Morgan fingerprint density at radius 2 is 2.43 bits per heavy atom. The Bertz CT molecular complexity index is 317. The standard InChI is InChI=1S/C9H12BrN3O/c10-8-4-7(9(11)13-6-8)5-12-2-1-3-14/h3-4,6,12H,1-2,5H2,(H2,11,13). The zero-order valence-electron chi connectivity index (χ0n) is 7.66. The average molecular weight is 258 g/mol. The summed E-state index contributed by atoms with van der Waals surface area (Å²) in [4.78, 5) is 14.1. The third-order valence-electron chi connectivity index (χ3n) is 1.72. The summed E-state index contributed by atoms with van der Waals surface area (Å²) < 4.78 is 0.902. The number of nitrogens with zero attached hydrogens (tertiary/aromatic N) is 1. The van der Waals surface area contributed by atoms with E-state index in [2.05, 4.69) is 26.2 Å². The fraction of sp³-hybridized carbons (Fsp3) is 0.333. The van der Waals surface area contributed by atoms with Crippen molar-refractivity contribution in [1.29, 1.82) is 0 Å². The smallest absolute Gasteiger partial charge is 0.127 e. The maximum Gasteiger partial charge on any atom is 0.127 e. The van der Waals surface area contributed by atoms with E-state index in [1.165, 1.54) is 0 Å². The number of nitrogens with two attached hydrogens (primary N) is 1. The summed E-state index contributed by atoms with van der Waals surface area (Å²) in [5.41, 5.74) is 6.60. The minimum absolute atomic E-state index is 0.515. The number of carbonyl (C=O) groups excluding carboxylic acids is 1. The molecule has 14 heavy (non-hydrogen) atoms. The van der Waals surface area contributed by atoms with Crippen molar-refractivity contribution in [3.63, 3.8) is 0 Å². The van der Waals surface area contributed by atoms with E-state index in [1.807, 2.05) is 6.07 Å². The molecule has 0 aliphatic heterocycles. The van der Waals surface area contributed by atoms with E-state index in [0.717, 1.165) is 16.3 Å². The number of carbonyl (C=O) groups is 1. The van der Waals surface area contributed by atoms with Gasteiger partial charge in [-0.3, -0.25) is 0 Å². The minimum Gasteiger partial charge on any atom is -0.383 e. The Morgan fingerprint density at radius 1 is 1.64 bits per heavy atom. The molecule has 4 nitrogen and oxygen atoms in total. The monoisotopic (exact) mass is 257 g/mol. The summed E-state index contributed by atoms with van der Waals surface area (Å²) in [5.74, 6) is 0.520. The van der Waals surface area contributed by atoms with Gasteiger partial charge < -0.3 is 15.8 Å². The van der Waals surface area contributed by atoms with Gasteiger partial charge in [-0.05, 0) is 22.0 Å². The largest absolute Gasteiger partial charge is 0.383 e. The van der Waals surface area contributed by atoms with Crippen molar-refractivity contribution in [2.24, 2.45) is 0 Å². The lowest BCUT2D eigenvalue weighted by atomic mass is 10.2. The average Bonchev–Trinajstić information content (AvgIpc) is 2.18. The Morgan fingerprint density at radius 3 is 3.14 bits per heavy atom. The summed E-state index contributed by atoms with van der Waals surface area (Å²) in [6.45, 7) is 1.29. The normalized spacial score (nSPS) is 10.1. The molecule has 0 fully saturated rings. The van der Waals surface area contributed by atoms with Gasteiger partial charge in [0.25, 0.3) is 0 Å². The van der Waals surface area contributed by atoms with Gasteiger partial charge in [0.1, 0.15) is 12.1 Å². The van der Waals surface area contributed by atoms with E-state index in [-0.39, 0.29) is 0 Å². The number of nitrogens with one attached hydrogen (secondary N) is 1. The van der Waals surface area contributed by atoms with Crippen LogP contribution in [-0.4, -0.2) is 17.8 Å². The zero-order chi connectivity index (χ0) is 10.4. The third-order valence-corrected chi connectivity index (χ3v) is 2.16. The number of hydrogen-bond acceptors (Lipinski definition) is 4. The van der Waals surface area contributed by atoms with Crippen LogP contribution < -0.4 is 11.1 Å². The summed E-state index contributed by atoms with van der Waals surface area (Å²) in [5, 5.41) is 3.10. The molecule has 0 aromatic carbocycles. The highest BCUT2D eigenvalue weighted by molar-refractivity contribution is 9.10. The van der Waals surface area contributed by atoms with Crippen LogP contribution in [0.5, 0.6) is 0 Å². The molecule has 76 valence electrons. The van der Waals surface area contributed by atoms with E-state index in [9.17, 15) is 4.79 Å². The van der Waals surface area contributed by atoms with Crippen LogP contribution in [0.15, 0.2) is 16.7 Å². The fourth-order valence-electron chi connectivity index (χ4n) is 1.02. The van der Waals surface area contributed by atoms with Gasteiger partial charge >= 0.3 is 0 Å². The molecule has 0 radical (unpaired) electrons. The molecule has 1 rings (SSSR count). The molecule has 0 spiro atoms. The predicted molar refractivity (Wildman–Crippen MR) is 58.7 cm³/mol. The zero-order valence-corrected chi connectivity index (χ0v) is 9.25. The highest BCUT2D eigenvalue weighted by atomic mass is 79.9. The van der Waals surface area contributed by atoms with Crippen molar-refractivity contribution in [3.8, 4) is 0 Å². The fourth-order valence-corrected chi connectivity index (χ4v) is 1.40. The predicted octanol–water partition coefficient (Wildman–Crippen LogP) is 1.10. The molecule has 3 N–H and O–H groups in total. The first kappa shape index (κ1) is 11.1. The van der Waals surface area contributed by atoms with Crippen molar-refractivity contribution in [1.82, 2.24) is 10.3 Å². The lowest BCUT2D eigenvalue weighted by molar-refractivity contribution is -0.107. The van der Waals surface area contributed by atoms with Gasteiger partial charge in [-0.2, -0.15) is 0 Å². The second-order valence-electron chi connectivity index (χ2n) is 2.83. The van der Waals surface area contributed by atoms with Gasteiger partial charge in [0.2, 0.25) is 0 Å². The molecule has 0 aliphatic carbocycles. The first-order chi connectivity index (χ1) is 6.74. The van der Waals surface area contributed by atoms with E-state index in [0.29, 0.717) is 25.3 Å². The number of nitrogen functional groups attached to an aromatic ring is 1. The maximum absolute atomic E-state index is 10.1. The molecular weight excluding hydrogens is 246 g/mol. The van der Waals surface area contributed by atoms with Crippen molar-refractivity contribution in [2.75, 3.05) is 12.3 Å². The highest BCUT2D eigenvalue weighted by Gasteiger charge is 2.00. The summed E-state index contributed by atoms with van der Waals surface area (Å²) in [6, 6.07) is 1.91. The Kier molecular flexibility index (Phi) is 4.55. The summed E-state index contributed by atoms with van der Waals surface area (Å²) >= 11 is 3.32. The second-order valence-corrected chi connectivity index (χ2v) is 3.75. The number of anilines is 1. The molecule has 1 heterocycles. The molecule has 0 saturated heterocycles. The van der Waals surface area contributed by atoms with Gasteiger partial charge in [-0.15, -0.1) is 0 Å². The minimum atomic E-state index is 0.515.